The van der Waals surface area contributed by atoms with Gasteiger partial charge in [-0.2, -0.15) is 10.1 Å². The molecule has 0 unspecified atom stereocenters. The summed E-state index contributed by atoms with van der Waals surface area (Å²) in [7, 11) is 3.56. The number of nitrogens with one attached hydrogen (secondary N) is 1. The third kappa shape index (κ3) is 3.37. The van der Waals surface area contributed by atoms with Crippen molar-refractivity contribution in [2.24, 2.45) is 0 Å². The first-order chi connectivity index (χ1) is 11.3. The number of benzene rings is 2. The van der Waals surface area contributed by atoms with E-state index >= 15 is 0 Å². The molecule has 1 heterocycles. The van der Waals surface area contributed by atoms with Crippen molar-refractivity contribution in [3.05, 3.63) is 60.8 Å². The molecule has 0 aliphatic rings. The van der Waals surface area contributed by atoms with Crippen LogP contribution in [0.25, 0.3) is 0 Å². The Kier molecular flexibility index (Phi) is 4.33. The van der Waals surface area contributed by atoms with Gasteiger partial charge in [-0.3, -0.25) is 0 Å². The molecule has 2 aromatic carbocycles. The Morgan fingerprint density at radius 3 is 2.52 bits per heavy atom. The number of para-hydroxylation sites is 3. The van der Waals surface area contributed by atoms with Gasteiger partial charge in [0.2, 0.25) is 5.95 Å². The van der Waals surface area contributed by atoms with Gasteiger partial charge < -0.3 is 15.0 Å². The molecule has 0 bridgehead atoms. The Morgan fingerprint density at radius 1 is 1.00 bits per heavy atom. The zero-order chi connectivity index (χ0) is 16.1. The van der Waals surface area contributed by atoms with Gasteiger partial charge in [0.15, 0.2) is 5.82 Å². The van der Waals surface area contributed by atoms with Gasteiger partial charge in [-0.1, -0.05) is 30.3 Å². The fraction of sp³-hybridized carbons (Fsp3) is 0.118. The quantitative estimate of drug-likeness (QED) is 0.779. The molecule has 0 aliphatic heterocycles. The predicted molar refractivity (Wildman–Crippen MR) is 90.6 cm³/mol. The van der Waals surface area contributed by atoms with Crippen molar-refractivity contribution in [2.45, 2.75) is 0 Å². The Labute approximate surface area is 134 Å². The van der Waals surface area contributed by atoms with E-state index in [1.54, 1.807) is 13.3 Å². The topological polar surface area (TPSA) is 63.2 Å². The van der Waals surface area contributed by atoms with Crippen molar-refractivity contribution in [1.29, 1.82) is 0 Å². The molecular weight excluding hydrogens is 290 g/mol. The Bertz CT molecular complexity index is 779. The van der Waals surface area contributed by atoms with E-state index in [4.69, 9.17) is 4.74 Å². The molecule has 116 valence electrons. The minimum atomic E-state index is 0.412. The second kappa shape index (κ2) is 6.74. The lowest BCUT2D eigenvalue weighted by molar-refractivity contribution is 0.417. The van der Waals surface area contributed by atoms with Gasteiger partial charge in [0.05, 0.1) is 19.0 Å². The van der Waals surface area contributed by atoms with E-state index in [2.05, 4.69) is 20.5 Å². The number of ether oxygens (including phenoxy) is 1. The average molecular weight is 307 g/mol. The fourth-order valence-electron chi connectivity index (χ4n) is 2.16. The van der Waals surface area contributed by atoms with Crippen LogP contribution in [-0.4, -0.2) is 29.3 Å². The first-order valence-electron chi connectivity index (χ1n) is 7.16. The van der Waals surface area contributed by atoms with Crippen LogP contribution >= 0.6 is 0 Å². The largest absolute Gasteiger partial charge is 0.495 e. The zero-order valence-electron chi connectivity index (χ0n) is 13.0. The van der Waals surface area contributed by atoms with Crippen LogP contribution in [0.4, 0.5) is 23.1 Å². The highest BCUT2D eigenvalue weighted by atomic mass is 16.5. The molecule has 6 heteroatoms. The van der Waals surface area contributed by atoms with Crippen LogP contribution in [-0.2, 0) is 0 Å². The molecule has 1 N–H and O–H groups in total. The Balaban J connectivity index is 1.85. The minimum absolute atomic E-state index is 0.412. The summed E-state index contributed by atoms with van der Waals surface area (Å²) in [5, 5.41) is 11.2. The lowest BCUT2D eigenvalue weighted by Gasteiger charge is -2.18. The highest BCUT2D eigenvalue weighted by molar-refractivity contribution is 5.64. The second-order valence-corrected chi connectivity index (χ2v) is 4.86. The van der Waals surface area contributed by atoms with Crippen LogP contribution in [0, 0.1) is 0 Å². The molecule has 0 radical (unpaired) electrons. The summed E-state index contributed by atoms with van der Waals surface area (Å²) in [6, 6.07) is 17.5. The van der Waals surface area contributed by atoms with Crippen molar-refractivity contribution < 1.29 is 4.74 Å². The highest BCUT2D eigenvalue weighted by Crippen LogP contribution is 2.26. The molecule has 0 saturated heterocycles. The van der Waals surface area contributed by atoms with Gasteiger partial charge in [0, 0.05) is 12.7 Å². The third-order valence-electron chi connectivity index (χ3n) is 3.39. The summed E-state index contributed by atoms with van der Waals surface area (Å²) >= 11 is 0. The Hall–Kier alpha value is -3.15. The Morgan fingerprint density at radius 2 is 1.74 bits per heavy atom. The van der Waals surface area contributed by atoms with E-state index in [1.165, 1.54) is 0 Å². The lowest BCUT2D eigenvalue weighted by atomic mass is 10.3. The number of methoxy groups -OCH3 is 1. The molecule has 0 aliphatic carbocycles. The van der Waals surface area contributed by atoms with Crippen molar-refractivity contribution in [3.63, 3.8) is 0 Å². The normalized spacial score (nSPS) is 10.2. The molecule has 0 fully saturated rings. The molecule has 0 amide bonds. The number of rotatable bonds is 5. The SMILES string of the molecule is COc1ccccc1Nc1nncc(N(C)c2ccccc2)n1. The standard InChI is InChI=1S/C17H17N5O/c1-22(13-8-4-3-5-9-13)16-12-18-21-17(20-16)19-14-10-6-7-11-15(14)23-2/h3-12H,1-2H3,(H,19,20,21). The highest BCUT2D eigenvalue weighted by Gasteiger charge is 2.09. The summed E-state index contributed by atoms with van der Waals surface area (Å²) in [5.41, 5.74) is 1.81. The van der Waals surface area contributed by atoms with Crippen LogP contribution < -0.4 is 15.0 Å². The van der Waals surface area contributed by atoms with Gasteiger partial charge in [-0.05, 0) is 24.3 Å². The first-order valence-corrected chi connectivity index (χ1v) is 7.16. The molecule has 0 saturated carbocycles. The number of aromatic nitrogens is 3. The summed E-state index contributed by atoms with van der Waals surface area (Å²) in [6.07, 6.45) is 1.63. The smallest absolute Gasteiger partial charge is 0.249 e. The van der Waals surface area contributed by atoms with Crippen molar-refractivity contribution in [2.75, 3.05) is 24.4 Å². The molecule has 3 aromatic rings. The van der Waals surface area contributed by atoms with Crippen LogP contribution in [0.2, 0.25) is 0 Å². The number of nitrogens with zero attached hydrogens (tertiary/aromatic N) is 4. The molecule has 3 rings (SSSR count). The average Bonchev–Trinajstić information content (AvgIpc) is 2.62. The predicted octanol–water partition coefficient (Wildman–Crippen LogP) is 3.39. The van der Waals surface area contributed by atoms with Gasteiger partial charge in [0.25, 0.3) is 0 Å². The number of hydrogen-bond acceptors (Lipinski definition) is 6. The maximum Gasteiger partial charge on any atom is 0.249 e. The van der Waals surface area contributed by atoms with E-state index in [-0.39, 0.29) is 0 Å². The van der Waals surface area contributed by atoms with Gasteiger partial charge in [-0.25, -0.2) is 0 Å². The molecule has 23 heavy (non-hydrogen) atoms. The monoisotopic (exact) mass is 307 g/mol. The second-order valence-electron chi connectivity index (χ2n) is 4.86. The first kappa shape index (κ1) is 14.8. The van der Waals surface area contributed by atoms with E-state index in [1.807, 2.05) is 66.5 Å². The van der Waals surface area contributed by atoms with E-state index in [0.29, 0.717) is 11.8 Å². The fourth-order valence-corrected chi connectivity index (χ4v) is 2.16. The van der Waals surface area contributed by atoms with Crippen LogP contribution in [0.3, 0.4) is 0 Å². The third-order valence-corrected chi connectivity index (χ3v) is 3.39. The zero-order valence-corrected chi connectivity index (χ0v) is 13.0. The van der Waals surface area contributed by atoms with Crippen LogP contribution in [0.15, 0.2) is 60.8 Å². The van der Waals surface area contributed by atoms with E-state index in [9.17, 15) is 0 Å². The van der Waals surface area contributed by atoms with Crippen LogP contribution in [0.1, 0.15) is 0 Å². The summed E-state index contributed by atoms with van der Waals surface area (Å²) < 4.78 is 5.32. The van der Waals surface area contributed by atoms with Crippen molar-refractivity contribution >= 4 is 23.1 Å². The molecular formula is C17H17N5O. The van der Waals surface area contributed by atoms with Gasteiger partial charge in [0.1, 0.15) is 5.75 Å². The van der Waals surface area contributed by atoms with Crippen molar-refractivity contribution in [1.82, 2.24) is 15.2 Å². The summed E-state index contributed by atoms with van der Waals surface area (Å²) in [5.74, 6) is 1.83. The number of hydrogen-bond donors (Lipinski definition) is 1. The molecule has 1 aromatic heterocycles. The van der Waals surface area contributed by atoms with E-state index in [0.717, 1.165) is 17.1 Å². The molecule has 0 atom stereocenters. The summed E-state index contributed by atoms with van der Waals surface area (Å²) in [4.78, 5) is 6.45. The molecule has 0 spiro atoms. The number of anilines is 4. The van der Waals surface area contributed by atoms with E-state index < -0.39 is 0 Å². The maximum atomic E-state index is 5.32. The maximum absolute atomic E-state index is 5.32. The summed E-state index contributed by atoms with van der Waals surface area (Å²) in [6.45, 7) is 0. The van der Waals surface area contributed by atoms with Gasteiger partial charge in [-0.15, -0.1) is 5.10 Å². The molecule has 6 nitrogen and oxygen atoms in total. The minimum Gasteiger partial charge on any atom is -0.495 e. The van der Waals surface area contributed by atoms with Gasteiger partial charge >= 0.3 is 0 Å². The van der Waals surface area contributed by atoms with Crippen LogP contribution in [0.5, 0.6) is 5.75 Å². The van der Waals surface area contributed by atoms with Crippen molar-refractivity contribution in [3.8, 4) is 5.75 Å². The lowest BCUT2D eigenvalue weighted by Crippen LogP contribution is -2.13.